The summed E-state index contributed by atoms with van der Waals surface area (Å²) in [6.45, 7) is 1.68. The Labute approximate surface area is 131 Å². The van der Waals surface area contributed by atoms with Gasteiger partial charge in [0.1, 0.15) is 5.75 Å². The number of nitrogens with zero attached hydrogens (tertiary/aromatic N) is 2. The second kappa shape index (κ2) is 7.11. The van der Waals surface area contributed by atoms with E-state index in [2.05, 4.69) is 0 Å². The zero-order valence-corrected chi connectivity index (χ0v) is 13.8. The summed E-state index contributed by atoms with van der Waals surface area (Å²) in [6, 6.07) is 7.67. The van der Waals surface area contributed by atoms with Gasteiger partial charge in [0, 0.05) is 32.6 Å². The molecule has 0 aromatic heterocycles. The third-order valence-corrected chi connectivity index (χ3v) is 5.13. The number of carbonyl (C=O) groups excluding carboxylic acids is 1. The molecule has 0 radical (unpaired) electrons. The number of methoxy groups -OCH3 is 1. The van der Waals surface area contributed by atoms with Gasteiger partial charge in [-0.05, 0) is 24.1 Å². The largest absolute Gasteiger partial charge is 0.497 e. The number of amides is 1. The second-order valence-electron chi connectivity index (χ2n) is 5.39. The summed E-state index contributed by atoms with van der Waals surface area (Å²) in [5, 5.41) is 0. The molecule has 1 fully saturated rings. The molecule has 0 N–H and O–H groups in total. The summed E-state index contributed by atoms with van der Waals surface area (Å²) in [4.78, 5) is 13.9. The molecular formula is C15H22N2O4S. The van der Waals surface area contributed by atoms with Crippen molar-refractivity contribution in [2.24, 2.45) is 0 Å². The Balaban J connectivity index is 1.83. The van der Waals surface area contributed by atoms with Gasteiger partial charge in [-0.15, -0.1) is 0 Å². The molecule has 1 aliphatic heterocycles. The van der Waals surface area contributed by atoms with Crippen LogP contribution in [0, 0.1) is 0 Å². The number of ether oxygens (including phenoxy) is 1. The van der Waals surface area contributed by atoms with Crippen LogP contribution in [0.1, 0.15) is 12.0 Å². The van der Waals surface area contributed by atoms with Crippen LogP contribution >= 0.6 is 0 Å². The van der Waals surface area contributed by atoms with Crippen LogP contribution in [0.5, 0.6) is 5.75 Å². The average molecular weight is 326 g/mol. The molecular weight excluding hydrogens is 304 g/mol. The van der Waals surface area contributed by atoms with Crippen LogP contribution in [0.25, 0.3) is 0 Å². The van der Waals surface area contributed by atoms with E-state index in [1.54, 1.807) is 12.0 Å². The first-order chi connectivity index (χ1) is 10.4. The molecule has 0 spiro atoms. The zero-order valence-electron chi connectivity index (χ0n) is 13.0. The number of sulfonamides is 1. The zero-order chi connectivity index (χ0) is 16.2. The number of hydrogen-bond acceptors (Lipinski definition) is 4. The van der Waals surface area contributed by atoms with Gasteiger partial charge >= 0.3 is 0 Å². The van der Waals surface area contributed by atoms with Gasteiger partial charge in [-0.25, -0.2) is 8.42 Å². The van der Waals surface area contributed by atoms with Crippen LogP contribution in [0.2, 0.25) is 0 Å². The number of aryl methyl sites for hydroxylation is 1. The van der Waals surface area contributed by atoms with Crippen LogP contribution in [-0.4, -0.2) is 63.1 Å². The molecule has 1 saturated heterocycles. The Morgan fingerprint density at radius 3 is 2.50 bits per heavy atom. The van der Waals surface area contributed by atoms with E-state index < -0.39 is 10.0 Å². The molecule has 0 unspecified atom stereocenters. The van der Waals surface area contributed by atoms with Crippen LogP contribution in [0.3, 0.4) is 0 Å². The van der Waals surface area contributed by atoms with E-state index in [0.717, 1.165) is 11.3 Å². The maximum absolute atomic E-state index is 12.2. The SMILES string of the molecule is COc1cccc(CCC(=O)N2CCN(S(C)(=O)=O)CC2)c1. The number of rotatable bonds is 5. The first-order valence-corrected chi connectivity index (χ1v) is 9.11. The van der Waals surface area contributed by atoms with Crippen molar-refractivity contribution < 1.29 is 17.9 Å². The molecule has 0 saturated carbocycles. The summed E-state index contributed by atoms with van der Waals surface area (Å²) >= 11 is 0. The van der Waals surface area contributed by atoms with Gasteiger partial charge in [0.05, 0.1) is 13.4 Å². The van der Waals surface area contributed by atoms with Gasteiger partial charge in [-0.1, -0.05) is 12.1 Å². The van der Waals surface area contributed by atoms with Crippen LogP contribution < -0.4 is 4.74 Å². The van der Waals surface area contributed by atoms with Crippen molar-refractivity contribution in [3.63, 3.8) is 0 Å². The molecule has 0 atom stereocenters. The lowest BCUT2D eigenvalue weighted by atomic mass is 10.1. The predicted octanol–water partition coefficient (Wildman–Crippen LogP) is 0.732. The standard InChI is InChI=1S/C15H22N2O4S/c1-21-14-5-3-4-13(12-14)6-7-15(18)16-8-10-17(11-9-16)22(2,19)20/h3-5,12H,6-11H2,1-2H3. The molecule has 6 nitrogen and oxygen atoms in total. The van der Waals surface area contributed by atoms with Gasteiger partial charge in [0.2, 0.25) is 15.9 Å². The Morgan fingerprint density at radius 2 is 1.91 bits per heavy atom. The lowest BCUT2D eigenvalue weighted by Crippen LogP contribution is -2.50. The quantitative estimate of drug-likeness (QED) is 0.800. The van der Waals surface area contributed by atoms with Crippen LogP contribution in [0.4, 0.5) is 0 Å². The number of piperazine rings is 1. The van der Waals surface area contributed by atoms with Crippen molar-refractivity contribution >= 4 is 15.9 Å². The molecule has 0 aliphatic carbocycles. The highest BCUT2D eigenvalue weighted by atomic mass is 32.2. The highest BCUT2D eigenvalue weighted by Crippen LogP contribution is 2.15. The third-order valence-electron chi connectivity index (χ3n) is 3.82. The van der Waals surface area contributed by atoms with E-state index in [0.29, 0.717) is 39.0 Å². The first kappa shape index (κ1) is 16.8. The smallest absolute Gasteiger partial charge is 0.222 e. The molecule has 0 bridgehead atoms. The molecule has 22 heavy (non-hydrogen) atoms. The van der Waals surface area contributed by atoms with E-state index in [1.165, 1.54) is 10.6 Å². The van der Waals surface area contributed by atoms with E-state index in [4.69, 9.17) is 4.74 Å². The maximum Gasteiger partial charge on any atom is 0.222 e. The summed E-state index contributed by atoms with van der Waals surface area (Å²) in [7, 11) is -1.54. The van der Waals surface area contributed by atoms with Crippen molar-refractivity contribution in [2.45, 2.75) is 12.8 Å². The second-order valence-corrected chi connectivity index (χ2v) is 7.38. The monoisotopic (exact) mass is 326 g/mol. The predicted molar refractivity (Wildman–Crippen MR) is 84.3 cm³/mol. The normalized spacial score (nSPS) is 16.5. The van der Waals surface area contributed by atoms with Crippen molar-refractivity contribution in [3.05, 3.63) is 29.8 Å². The van der Waals surface area contributed by atoms with Crippen molar-refractivity contribution in [2.75, 3.05) is 39.5 Å². The molecule has 122 valence electrons. The minimum atomic E-state index is -3.16. The molecule has 1 amide bonds. The minimum absolute atomic E-state index is 0.0657. The van der Waals surface area contributed by atoms with Gasteiger partial charge in [-0.3, -0.25) is 4.79 Å². The van der Waals surface area contributed by atoms with Gasteiger partial charge in [0.25, 0.3) is 0 Å². The molecule has 1 heterocycles. The van der Waals surface area contributed by atoms with Crippen LogP contribution in [0.15, 0.2) is 24.3 Å². The Bertz CT molecular complexity index is 622. The Kier molecular flexibility index (Phi) is 5.42. The Morgan fingerprint density at radius 1 is 1.23 bits per heavy atom. The molecule has 1 aromatic carbocycles. The van der Waals surface area contributed by atoms with E-state index in [9.17, 15) is 13.2 Å². The van der Waals surface area contributed by atoms with Gasteiger partial charge in [-0.2, -0.15) is 4.31 Å². The molecule has 1 aromatic rings. The van der Waals surface area contributed by atoms with Crippen molar-refractivity contribution in [1.82, 2.24) is 9.21 Å². The first-order valence-electron chi connectivity index (χ1n) is 7.26. The average Bonchev–Trinajstić information content (AvgIpc) is 2.52. The molecule has 2 rings (SSSR count). The topological polar surface area (TPSA) is 66.9 Å². The lowest BCUT2D eigenvalue weighted by molar-refractivity contribution is -0.132. The summed E-state index contributed by atoms with van der Waals surface area (Å²) in [6.07, 6.45) is 2.28. The number of carbonyl (C=O) groups is 1. The summed E-state index contributed by atoms with van der Waals surface area (Å²) in [5.74, 6) is 0.850. The molecule has 1 aliphatic rings. The fourth-order valence-electron chi connectivity index (χ4n) is 2.51. The summed E-state index contributed by atoms with van der Waals surface area (Å²) < 4.78 is 29.5. The number of hydrogen-bond donors (Lipinski definition) is 0. The molecule has 7 heteroatoms. The fourth-order valence-corrected chi connectivity index (χ4v) is 3.33. The minimum Gasteiger partial charge on any atom is -0.497 e. The highest BCUT2D eigenvalue weighted by molar-refractivity contribution is 7.88. The lowest BCUT2D eigenvalue weighted by Gasteiger charge is -2.33. The third kappa shape index (κ3) is 4.45. The maximum atomic E-state index is 12.2. The Hall–Kier alpha value is -1.60. The summed E-state index contributed by atoms with van der Waals surface area (Å²) in [5.41, 5.74) is 1.06. The van der Waals surface area contributed by atoms with E-state index in [-0.39, 0.29) is 5.91 Å². The van der Waals surface area contributed by atoms with Gasteiger partial charge < -0.3 is 9.64 Å². The van der Waals surface area contributed by atoms with E-state index in [1.807, 2.05) is 24.3 Å². The van der Waals surface area contributed by atoms with Gasteiger partial charge in [0.15, 0.2) is 0 Å². The fraction of sp³-hybridized carbons (Fsp3) is 0.533. The highest BCUT2D eigenvalue weighted by Gasteiger charge is 2.25. The van der Waals surface area contributed by atoms with Crippen molar-refractivity contribution in [3.8, 4) is 5.75 Å². The van der Waals surface area contributed by atoms with Crippen molar-refractivity contribution in [1.29, 1.82) is 0 Å². The van der Waals surface area contributed by atoms with E-state index >= 15 is 0 Å². The number of benzene rings is 1. The van der Waals surface area contributed by atoms with Crippen LogP contribution in [-0.2, 0) is 21.2 Å².